The lowest BCUT2D eigenvalue weighted by Crippen LogP contribution is -2.22. The van der Waals surface area contributed by atoms with Gasteiger partial charge in [0.15, 0.2) is 10.9 Å². The number of ketones is 1. The third kappa shape index (κ3) is 5.53. The fraction of sp³-hybridized carbons (Fsp3) is 0.300. The largest absolute Gasteiger partial charge is 0.356 e. The topological polar surface area (TPSA) is 76.9 Å². The second-order valence-corrected chi connectivity index (χ2v) is 8.42. The molecular formula is C20H22N4O2S2. The van der Waals surface area contributed by atoms with Crippen molar-refractivity contribution in [2.24, 2.45) is 0 Å². The van der Waals surface area contributed by atoms with Crippen LogP contribution in [0.4, 0.5) is 0 Å². The van der Waals surface area contributed by atoms with E-state index < -0.39 is 0 Å². The smallest absolute Gasteiger partial charge is 0.216 e. The van der Waals surface area contributed by atoms with Gasteiger partial charge in [0.05, 0.1) is 17.2 Å². The quantitative estimate of drug-likeness (QED) is 0.429. The van der Waals surface area contributed by atoms with E-state index in [4.69, 9.17) is 0 Å². The second-order valence-electron chi connectivity index (χ2n) is 6.31. The zero-order valence-corrected chi connectivity index (χ0v) is 17.5. The minimum absolute atomic E-state index is 0.0424. The lowest BCUT2D eigenvalue weighted by atomic mass is 10.2. The lowest BCUT2D eigenvalue weighted by molar-refractivity contribution is -0.118. The Kier molecular flexibility index (Phi) is 7.00. The second kappa shape index (κ2) is 9.66. The fourth-order valence-electron chi connectivity index (χ4n) is 2.64. The number of hydrogen-bond donors (Lipinski definition) is 1. The molecule has 1 aromatic carbocycles. The van der Waals surface area contributed by atoms with E-state index in [1.807, 2.05) is 41.8 Å². The van der Waals surface area contributed by atoms with E-state index in [0.29, 0.717) is 18.8 Å². The van der Waals surface area contributed by atoms with Gasteiger partial charge in [-0.1, -0.05) is 42.1 Å². The van der Waals surface area contributed by atoms with Crippen molar-refractivity contribution in [3.63, 3.8) is 0 Å². The number of thiophene rings is 1. The molecule has 0 aliphatic carbocycles. The van der Waals surface area contributed by atoms with E-state index in [0.717, 1.165) is 27.2 Å². The molecule has 0 aliphatic rings. The predicted octanol–water partition coefficient (Wildman–Crippen LogP) is 3.35. The van der Waals surface area contributed by atoms with Gasteiger partial charge in [-0.05, 0) is 31.0 Å². The van der Waals surface area contributed by atoms with Crippen LogP contribution in [0, 0.1) is 6.92 Å². The molecule has 0 radical (unpaired) electrons. The number of amides is 1. The molecule has 0 unspecified atom stereocenters. The van der Waals surface area contributed by atoms with Gasteiger partial charge in [-0.25, -0.2) is 0 Å². The van der Waals surface area contributed by atoms with E-state index in [9.17, 15) is 9.59 Å². The predicted molar refractivity (Wildman–Crippen MR) is 112 cm³/mol. The van der Waals surface area contributed by atoms with Gasteiger partial charge in [0, 0.05) is 18.3 Å². The zero-order chi connectivity index (χ0) is 19.9. The SMILES string of the molecule is CC(=O)NCCc1ccc(C(=O)CSc2nnc(C)n2Cc2ccccc2)s1. The molecule has 1 amide bonds. The van der Waals surface area contributed by atoms with Crippen LogP contribution in [0.15, 0.2) is 47.6 Å². The maximum atomic E-state index is 12.6. The number of benzene rings is 1. The summed E-state index contributed by atoms with van der Waals surface area (Å²) < 4.78 is 2.03. The first-order chi connectivity index (χ1) is 13.5. The van der Waals surface area contributed by atoms with Crippen molar-refractivity contribution in [2.45, 2.75) is 32.0 Å². The van der Waals surface area contributed by atoms with Crippen molar-refractivity contribution in [1.82, 2.24) is 20.1 Å². The van der Waals surface area contributed by atoms with Gasteiger partial charge in [0.1, 0.15) is 5.82 Å². The van der Waals surface area contributed by atoms with Crippen molar-refractivity contribution in [2.75, 3.05) is 12.3 Å². The van der Waals surface area contributed by atoms with E-state index in [-0.39, 0.29) is 11.7 Å². The molecular weight excluding hydrogens is 392 g/mol. The van der Waals surface area contributed by atoms with E-state index >= 15 is 0 Å². The van der Waals surface area contributed by atoms with Crippen LogP contribution in [0.25, 0.3) is 0 Å². The molecule has 3 aromatic rings. The van der Waals surface area contributed by atoms with Crippen LogP contribution in [-0.4, -0.2) is 38.8 Å². The highest BCUT2D eigenvalue weighted by atomic mass is 32.2. The average molecular weight is 415 g/mol. The summed E-state index contributed by atoms with van der Waals surface area (Å²) in [5.41, 5.74) is 1.17. The van der Waals surface area contributed by atoms with Crippen LogP contribution >= 0.6 is 23.1 Å². The summed E-state index contributed by atoms with van der Waals surface area (Å²) in [4.78, 5) is 25.3. The Hall–Kier alpha value is -2.45. The number of Topliss-reactive ketones (excluding diaryl/α,β-unsaturated/α-hetero) is 1. The molecule has 0 saturated heterocycles. The molecule has 0 fully saturated rings. The summed E-state index contributed by atoms with van der Waals surface area (Å²) in [7, 11) is 0. The van der Waals surface area contributed by atoms with Crippen molar-refractivity contribution in [1.29, 1.82) is 0 Å². The Morgan fingerprint density at radius 2 is 1.93 bits per heavy atom. The van der Waals surface area contributed by atoms with Gasteiger partial charge in [0.2, 0.25) is 5.91 Å². The third-order valence-electron chi connectivity index (χ3n) is 4.10. The van der Waals surface area contributed by atoms with Crippen LogP contribution in [0.5, 0.6) is 0 Å². The molecule has 0 atom stereocenters. The van der Waals surface area contributed by atoms with Gasteiger partial charge in [-0.2, -0.15) is 0 Å². The Morgan fingerprint density at radius 3 is 2.68 bits per heavy atom. The Balaban J connectivity index is 1.58. The van der Waals surface area contributed by atoms with Crippen LogP contribution in [0.1, 0.15) is 32.9 Å². The van der Waals surface area contributed by atoms with Crippen LogP contribution in [0.2, 0.25) is 0 Å². The Morgan fingerprint density at radius 1 is 1.14 bits per heavy atom. The van der Waals surface area contributed by atoms with E-state index in [2.05, 4.69) is 27.6 Å². The van der Waals surface area contributed by atoms with E-state index in [1.165, 1.54) is 35.6 Å². The summed E-state index contributed by atoms with van der Waals surface area (Å²) in [5, 5.41) is 11.9. The van der Waals surface area contributed by atoms with E-state index in [1.54, 1.807) is 0 Å². The highest BCUT2D eigenvalue weighted by Gasteiger charge is 2.15. The summed E-state index contributed by atoms with van der Waals surface area (Å²) in [6.07, 6.45) is 0.731. The standard InChI is InChI=1S/C20H22N4O2S2/c1-14-22-23-20(24(14)12-16-6-4-3-5-7-16)27-13-18(26)19-9-8-17(28-19)10-11-21-15(2)25/h3-9H,10-13H2,1-2H3,(H,21,25). The number of rotatable bonds is 9. The highest BCUT2D eigenvalue weighted by Crippen LogP contribution is 2.23. The molecule has 146 valence electrons. The van der Waals surface area contributed by atoms with Crippen molar-refractivity contribution < 1.29 is 9.59 Å². The number of carbonyl (C=O) groups excluding carboxylic acids is 2. The van der Waals surface area contributed by atoms with Gasteiger partial charge in [-0.3, -0.25) is 9.59 Å². The molecule has 6 nitrogen and oxygen atoms in total. The van der Waals surface area contributed by atoms with Gasteiger partial charge in [0.25, 0.3) is 0 Å². The molecule has 0 aliphatic heterocycles. The normalized spacial score (nSPS) is 10.8. The first kappa shape index (κ1) is 20.3. The van der Waals surface area contributed by atoms with Crippen LogP contribution < -0.4 is 5.32 Å². The Labute approximate surface area is 172 Å². The first-order valence-electron chi connectivity index (χ1n) is 8.96. The lowest BCUT2D eigenvalue weighted by Gasteiger charge is -2.08. The summed E-state index contributed by atoms with van der Waals surface area (Å²) in [6.45, 7) is 4.68. The number of aryl methyl sites for hydroxylation is 1. The molecule has 0 spiro atoms. The zero-order valence-electron chi connectivity index (χ0n) is 15.8. The molecule has 2 heterocycles. The summed E-state index contributed by atoms with van der Waals surface area (Å²) in [6, 6.07) is 13.9. The maximum absolute atomic E-state index is 12.6. The van der Waals surface area contributed by atoms with Crippen molar-refractivity contribution >= 4 is 34.8 Å². The first-order valence-corrected chi connectivity index (χ1v) is 10.8. The number of nitrogens with zero attached hydrogens (tertiary/aromatic N) is 3. The Bertz CT molecular complexity index is 950. The fourth-order valence-corrected chi connectivity index (χ4v) is 4.54. The molecule has 3 rings (SSSR count). The number of thioether (sulfide) groups is 1. The molecule has 8 heteroatoms. The van der Waals surface area contributed by atoms with Crippen molar-refractivity contribution in [3.05, 3.63) is 63.6 Å². The minimum Gasteiger partial charge on any atom is -0.356 e. The number of aromatic nitrogens is 3. The van der Waals surface area contributed by atoms with Gasteiger partial charge < -0.3 is 9.88 Å². The van der Waals surface area contributed by atoms with Gasteiger partial charge in [-0.15, -0.1) is 21.5 Å². The average Bonchev–Trinajstić information content (AvgIpc) is 3.28. The number of hydrogen-bond acceptors (Lipinski definition) is 6. The highest BCUT2D eigenvalue weighted by molar-refractivity contribution is 7.99. The van der Waals surface area contributed by atoms with Crippen LogP contribution in [-0.2, 0) is 17.8 Å². The third-order valence-corrected chi connectivity index (χ3v) is 6.25. The molecule has 0 saturated carbocycles. The summed E-state index contributed by atoms with van der Waals surface area (Å²) in [5.74, 6) is 1.18. The van der Waals surface area contributed by atoms with Gasteiger partial charge >= 0.3 is 0 Å². The molecule has 0 bridgehead atoms. The number of carbonyl (C=O) groups is 2. The number of nitrogens with one attached hydrogen (secondary N) is 1. The molecule has 1 N–H and O–H groups in total. The van der Waals surface area contributed by atoms with Crippen molar-refractivity contribution in [3.8, 4) is 0 Å². The maximum Gasteiger partial charge on any atom is 0.216 e. The monoisotopic (exact) mass is 414 g/mol. The van der Waals surface area contributed by atoms with Crippen LogP contribution in [0.3, 0.4) is 0 Å². The minimum atomic E-state index is -0.0424. The summed E-state index contributed by atoms with van der Waals surface area (Å²) >= 11 is 2.89. The molecule has 2 aromatic heterocycles. The molecule has 28 heavy (non-hydrogen) atoms.